The summed E-state index contributed by atoms with van der Waals surface area (Å²) in [4.78, 5) is 33.0. The average Bonchev–Trinajstić information content (AvgIpc) is 3.14. The summed E-state index contributed by atoms with van der Waals surface area (Å²) in [6, 6.07) is 12.7. The maximum absolute atomic E-state index is 14.0. The van der Waals surface area contributed by atoms with Gasteiger partial charge in [-0.2, -0.15) is 5.26 Å². The van der Waals surface area contributed by atoms with Crippen LogP contribution in [0.1, 0.15) is 56.3 Å². The van der Waals surface area contributed by atoms with Gasteiger partial charge in [-0.1, -0.05) is 36.8 Å². The molecule has 1 aromatic carbocycles. The van der Waals surface area contributed by atoms with Gasteiger partial charge in [0, 0.05) is 30.8 Å². The van der Waals surface area contributed by atoms with E-state index >= 15 is 0 Å². The molecule has 2 amide bonds. The zero-order valence-corrected chi connectivity index (χ0v) is 21.5. The van der Waals surface area contributed by atoms with Crippen LogP contribution in [0.5, 0.6) is 0 Å². The number of rotatable bonds is 6. The first-order valence-corrected chi connectivity index (χ1v) is 12.8. The van der Waals surface area contributed by atoms with E-state index in [1.165, 1.54) is 12.0 Å². The fraction of sp³-hybridized carbons (Fsp3) is 0.536. The summed E-state index contributed by atoms with van der Waals surface area (Å²) in [5.74, 6) is 0.112. The zero-order valence-electron chi connectivity index (χ0n) is 21.5. The van der Waals surface area contributed by atoms with Gasteiger partial charge in [0.1, 0.15) is 6.07 Å². The van der Waals surface area contributed by atoms with Gasteiger partial charge in [0.25, 0.3) is 0 Å². The van der Waals surface area contributed by atoms with Crippen LogP contribution in [0.25, 0.3) is 0 Å². The van der Waals surface area contributed by atoms with Crippen molar-refractivity contribution >= 4 is 17.9 Å². The molecule has 1 saturated heterocycles. The lowest BCUT2D eigenvalue weighted by atomic mass is 9.66. The van der Waals surface area contributed by atoms with Crippen LogP contribution in [0.2, 0.25) is 0 Å². The molecule has 0 N–H and O–H groups in total. The summed E-state index contributed by atoms with van der Waals surface area (Å²) in [7, 11) is 6.17. The van der Waals surface area contributed by atoms with Crippen molar-refractivity contribution in [1.29, 1.82) is 5.26 Å². The lowest BCUT2D eigenvalue weighted by molar-refractivity contribution is 0.0109. The smallest absolute Gasteiger partial charge is 0.316 e. The SMILES string of the molecule is CN=CC1(CN2C(=O)N(c3cnc(C#N)nc3)CC23CCC(c2ccccc2)(N(C)C)CC3)CCC1. The maximum atomic E-state index is 14.0. The van der Waals surface area contributed by atoms with Gasteiger partial charge in [0.05, 0.1) is 30.2 Å². The van der Waals surface area contributed by atoms with Gasteiger partial charge in [-0.15, -0.1) is 0 Å². The molecule has 3 aliphatic rings. The molecular formula is C28H35N7O. The number of carbonyl (C=O) groups excluding carboxylic acids is 1. The number of urea groups is 1. The van der Waals surface area contributed by atoms with Gasteiger partial charge >= 0.3 is 6.03 Å². The zero-order chi connectivity index (χ0) is 25.4. The Morgan fingerprint density at radius 1 is 1.08 bits per heavy atom. The third-order valence-corrected chi connectivity index (χ3v) is 8.94. The van der Waals surface area contributed by atoms with Gasteiger partial charge in [-0.3, -0.25) is 9.80 Å². The van der Waals surface area contributed by atoms with Crippen LogP contribution in [-0.4, -0.2) is 71.8 Å². The minimum atomic E-state index is -0.260. The molecule has 3 fully saturated rings. The Kier molecular flexibility index (Phi) is 6.29. The number of nitrogens with zero attached hydrogens (tertiary/aromatic N) is 7. The molecule has 8 nitrogen and oxygen atoms in total. The van der Waals surface area contributed by atoms with Gasteiger partial charge in [0.2, 0.25) is 5.82 Å². The predicted molar refractivity (Wildman–Crippen MR) is 140 cm³/mol. The van der Waals surface area contributed by atoms with Crippen molar-refractivity contribution in [2.75, 3.05) is 39.1 Å². The monoisotopic (exact) mass is 485 g/mol. The Morgan fingerprint density at radius 3 is 2.28 bits per heavy atom. The van der Waals surface area contributed by atoms with Crippen molar-refractivity contribution in [2.45, 2.75) is 56.0 Å². The number of aromatic nitrogens is 2. The summed E-state index contributed by atoms with van der Waals surface area (Å²) in [5, 5.41) is 9.11. The molecule has 2 aromatic rings. The Balaban J connectivity index is 1.48. The highest BCUT2D eigenvalue weighted by molar-refractivity contribution is 5.95. The highest BCUT2D eigenvalue weighted by atomic mass is 16.2. The van der Waals surface area contributed by atoms with Crippen LogP contribution in [-0.2, 0) is 5.54 Å². The lowest BCUT2D eigenvalue weighted by Crippen LogP contribution is -2.58. The van der Waals surface area contributed by atoms with Crippen molar-refractivity contribution in [3.63, 3.8) is 0 Å². The molecule has 0 unspecified atom stereocenters. The maximum Gasteiger partial charge on any atom is 0.325 e. The predicted octanol–water partition coefficient (Wildman–Crippen LogP) is 4.23. The number of hydrogen-bond donors (Lipinski definition) is 0. The van der Waals surface area contributed by atoms with E-state index in [0.717, 1.165) is 38.5 Å². The highest BCUT2D eigenvalue weighted by Gasteiger charge is 2.56. The third-order valence-electron chi connectivity index (χ3n) is 8.94. The van der Waals surface area contributed by atoms with Crippen LogP contribution in [0.15, 0.2) is 47.7 Å². The molecule has 8 heteroatoms. The van der Waals surface area contributed by atoms with Crippen molar-refractivity contribution in [2.24, 2.45) is 10.4 Å². The number of aliphatic imine (C=N–C) groups is 1. The number of anilines is 1. The molecule has 2 aliphatic carbocycles. The first-order chi connectivity index (χ1) is 17.4. The molecule has 0 radical (unpaired) electrons. The van der Waals surface area contributed by atoms with Crippen LogP contribution in [0.4, 0.5) is 10.5 Å². The Morgan fingerprint density at radius 2 is 1.75 bits per heavy atom. The molecule has 5 rings (SSSR count). The molecule has 0 atom stereocenters. The molecule has 0 bridgehead atoms. The van der Waals surface area contributed by atoms with Gasteiger partial charge in [0.15, 0.2) is 0 Å². The second-order valence-electron chi connectivity index (χ2n) is 11.0. The molecule has 2 saturated carbocycles. The summed E-state index contributed by atoms with van der Waals surface area (Å²) in [5.41, 5.74) is 1.64. The normalized spacial score (nSPS) is 27.6. The number of amides is 2. The number of hydrogen-bond acceptors (Lipinski definition) is 6. The quantitative estimate of drug-likeness (QED) is 0.571. The van der Waals surface area contributed by atoms with Crippen LogP contribution < -0.4 is 4.90 Å². The van der Waals surface area contributed by atoms with E-state index in [2.05, 4.69) is 75.4 Å². The van der Waals surface area contributed by atoms with E-state index in [-0.39, 0.29) is 28.3 Å². The minimum Gasteiger partial charge on any atom is -0.316 e. The number of benzene rings is 1. The van der Waals surface area contributed by atoms with E-state index in [1.54, 1.807) is 12.4 Å². The highest BCUT2D eigenvalue weighted by Crippen LogP contribution is 2.51. The van der Waals surface area contributed by atoms with Crippen molar-refractivity contribution in [1.82, 2.24) is 19.8 Å². The molecule has 1 spiro atoms. The van der Waals surface area contributed by atoms with E-state index in [0.29, 0.717) is 18.8 Å². The van der Waals surface area contributed by atoms with E-state index in [4.69, 9.17) is 5.26 Å². The van der Waals surface area contributed by atoms with Crippen molar-refractivity contribution < 1.29 is 4.79 Å². The van der Waals surface area contributed by atoms with Gasteiger partial charge in [-0.05, 0) is 58.2 Å². The summed E-state index contributed by atoms with van der Waals surface area (Å²) in [6.07, 6.45) is 12.4. The van der Waals surface area contributed by atoms with Crippen LogP contribution in [0.3, 0.4) is 0 Å². The lowest BCUT2D eigenvalue weighted by Gasteiger charge is -2.53. The van der Waals surface area contributed by atoms with E-state index < -0.39 is 0 Å². The molecule has 1 aromatic heterocycles. The van der Waals surface area contributed by atoms with Crippen LogP contribution in [0, 0.1) is 16.7 Å². The third kappa shape index (κ3) is 3.96. The standard InChI is InChI=1S/C28H35N7O/c1-30-19-26(10-7-11-26)20-35-25(36)34(23-17-31-24(16-29)32-18-23)21-27(35)12-14-28(15-13-27,33(2)3)22-8-5-4-6-9-22/h4-6,8-9,17-19H,7,10-15,20-21H2,1-3H3. The summed E-state index contributed by atoms with van der Waals surface area (Å²) < 4.78 is 0. The second kappa shape index (κ2) is 9.29. The minimum absolute atomic E-state index is 0.0103. The Labute approximate surface area is 213 Å². The molecule has 2 heterocycles. The summed E-state index contributed by atoms with van der Waals surface area (Å²) >= 11 is 0. The average molecular weight is 486 g/mol. The fourth-order valence-electron chi connectivity index (χ4n) is 6.60. The largest absolute Gasteiger partial charge is 0.325 e. The Hall–Kier alpha value is -3.31. The van der Waals surface area contributed by atoms with Gasteiger partial charge in [-0.25, -0.2) is 14.8 Å². The molecule has 188 valence electrons. The second-order valence-corrected chi connectivity index (χ2v) is 11.0. The number of carbonyl (C=O) groups is 1. The van der Waals surface area contributed by atoms with Gasteiger partial charge < -0.3 is 9.89 Å². The fourth-order valence-corrected chi connectivity index (χ4v) is 6.60. The first kappa shape index (κ1) is 24.4. The number of nitriles is 1. The van der Waals surface area contributed by atoms with Crippen molar-refractivity contribution in [3.05, 3.63) is 54.1 Å². The van der Waals surface area contributed by atoms with E-state index in [1.807, 2.05) is 18.0 Å². The van der Waals surface area contributed by atoms with Crippen molar-refractivity contribution in [3.8, 4) is 6.07 Å². The summed E-state index contributed by atoms with van der Waals surface area (Å²) in [6.45, 7) is 1.30. The topological polar surface area (TPSA) is 88.7 Å². The van der Waals surface area contributed by atoms with E-state index in [9.17, 15) is 4.79 Å². The molecular weight excluding hydrogens is 450 g/mol. The van der Waals surface area contributed by atoms with Crippen LogP contribution >= 0.6 is 0 Å². The first-order valence-electron chi connectivity index (χ1n) is 12.8. The molecule has 36 heavy (non-hydrogen) atoms. The molecule has 1 aliphatic heterocycles. The Bertz CT molecular complexity index is 1160.